The highest BCUT2D eigenvalue weighted by Gasteiger charge is 2.34. The highest BCUT2D eigenvalue weighted by molar-refractivity contribution is 7.81. The summed E-state index contributed by atoms with van der Waals surface area (Å²) in [6.45, 7) is 4.65. The first-order valence-corrected chi connectivity index (χ1v) is 15.3. The number of hydrogen-bond acceptors (Lipinski definition) is 3. The molecule has 1 aromatic carbocycles. The van der Waals surface area contributed by atoms with Crippen molar-refractivity contribution in [2.24, 2.45) is 0 Å². The number of benzene rings is 1. The molecular formula is C32H36N3S2+. The smallest absolute Gasteiger partial charge is 0.199 e. The van der Waals surface area contributed by atoms with Crippen LogP contribution in [0.25, 0.3) is 5.57 Å². The van der Waals surface area contributed by atoms with Gasteiger partial charge in [0.2, 0.25) is 0 Å². The molecule has 1 aromatic heterocycles. The molecule has 0 bridgehead atoms. The van der Waals surface area contributed by atoms with Gasteiger partial charge < -0.3 is 9.80 Å². The van der Waals surface area contributed by atoms with Gasteiger partial charge in [-0.3, -0.25) is 0 Å². The molecule has 0 N–H and O–H groups in total. The Kier molecular flexibility index (Phi) is 5.97. The van der Waals surface area contributed by atoms with Crippen LogP contribution >= 0.6 is 23.6 Å². The summed E-state index contributed by atoms with van der Waals surface area (Å²) in [5.74, 6) is 0. The largest absolute Gasteiger partial charge is 0.371 e. The average molecular weight is 527 g/mol. The first-order chi connectivity index (χ1) is 18.1. The highest BCUT2D eigenvalue weighted by Crippen LogP contribution is 2.48. The maximum Gasteiger partial charge on any atom is 0.199 e. The van der Waals surface area contributed by atoms with Crippen LogP contribution in [0, 0.1) is 0 Å². The zero-order chi connectivity index (χ0) is 25.1. The van der Waals surface area contributed by atoms with Crippen molar-refractivity contribution in [3.05, 3.63) is 79.6 Å². The van der Waals surface area contributed by atoms with Crippen molar-refractivity contribution in [3.8, 4) is 0 Å². The van der Waals surface area contributed by atoms with Crippen LogP contribution < -0.4 is 4.90 Å². The lowest BCUT2D eigenvalue weighted by molar-refractivity contribution is -0.462. The van der Waals surface area contributed by atoms with Crippen molar-refractivity contribution < 1.29 is 4.58 Å². The number of aryl methyl sites for hydroxylation is 1. The number of thiophene rings is 1. The van der Waals surface area contributed by atoms with E-state index in [2.05, 4.69) is 64.9 Å². The number of rotatable bonds is 2. The van der Waals surface area contributed by atoms with Crippen LogP contribution in [0.5, 0.6) is 0 Å². The number of fused-ring (bicyclic) bond motifs is 3. The third-order valence-corrected chi connectivity index (χ3v) is 10.6. The van der Waals surface area contributed by atoms with Gasteiger partial charge in [-0.25, -0.2) is 4.58 Å². The minimum Gasteiger partial charge on any atom is -0.371 e. The first-order valence-electron chi connectivity index (χ1n) is 14.1. The summed E-state index contributed by atoms with van der Waals surface area (Å²) < 4.78 is 2.23. The predicted molar refractivity (Wildman–Crippen MR) is 161 cm³/mol. The van der Waals surface area contributed by atoms with E-state index in [1.807, 2.05) is 11.3 Å². The molecule has 2 aliphatic carbocycles. The molecule has 5 heteroatoms. The highest BCUT2D eigenvalue weighted by atomic mass is 32.1. The second kappa shape index (κ2) is 9.36. The summed E-state index contributed by atoms with van der Waals surface area (Å²) in [7, 11) is 4.29. The Labute approximate surface area is 230 Å². The summed E-state index contributed by atoms with van der Waals surface area (Å²) >= 11 is 7.92. The molecule has 2 aromatic rings. The van der Waals surface area contributed by atoms with Gasteiger partial charge in [0, 0.05) is 54.5 Å². The van der Waals surface area contributed by atoms with Crippen molar-refractivity contribution >= 4 is 45.5 Å². The van der Waals surface area contributed by atoms with E-state index in [0.717, 1.165) is 24.5 Å². The Balaban J connectivity index is 1.40. The first kappa shape index (κ1) is 23.6. The van der Waals surface area contributed by atoms with Gasteiger partial charge in [0.05, 0.1) is 4.88 Å². The van der Waals surface area contributed by atoms with E-state index >= 15 is 0 Å². The summed E-state index contributed by atoms with van der Waals surface area (Å²) in [6.07, 6.45) is 17.0. The minimum atomic E-state index is 1.04. The number of anilines is 1. The van der Waals surface area contributed by atoms with Crippen LogP contribution in [0.15, 0.2) is 47.6 Å². The molecule has 0 saturated carbocycles. The molecule has 0 radical (unpaired) electrons. The van der Waals surface area contributed by atoms with Crippen LogP contribution in [0.2, 0.25) is 0 Å². The lowest BCUT2D eigenvalue weighted by atomic mass is 9.74. The van der Waals surface area contributed by atoms with Gasteiger partial charge in [0.25, 0.3) is 0 Å². The van der Waals surface area contributed by atoms with Crippen LogP contribution in [0.4, 0.5) is 5.69 Å². The van der Waals surface area contributed by atoms with E-state index < -0.39 is 0 Å². The van der Waals surface area contributed by atoms with Gasteiger partial charge in [0.15, 0.2) is 5.71 Å². The lowest BCUT2D eigenvalue weighted by Crippen LogP contribution is -2.35. The second-order valence-electron chi connectivity index (χ2n) is 11.4. The number of allylic oxidation sites excluding steroid dienone is 5. The van der Waals surface area contributed by atoms with E-state index in [1.165, 1.54) is 95.8 Å². The topological polar surface area (TPSA) is 9.49 Å². The zero-order valence-electron chi connectivity index (χ0n) is 22.1. The lowest BCUT2D eigenvalue weighted by Gasteiger charge is -2.40. The maximum atomic E-state index is 6.01. The Hall–Kier alpha value is -2.50. The molecule has 3 aliphatic heterocycles. The standard InChI is InChI=1S/C32H36N3S2/c1-33(2)23-10-11-24-22(18-23)20-26-25-9-7-17-34-16-6-8-21(31(25)34)19-27(26)30(24)28-12-13-29(37-28)32(36)35-14-4-3-5-15-35/h10-13,18-19H,3-9,14-17,20H2,1-2H3/q+1. The van der Waals surface area contributed by atoms with Gasteiger partial charge >= 0.3 is 0 Å². The van der Waals surface area contributed by atoms with E-state index in [-0.39, 0.29) is 0 Å². The van der Waals surface area contributed by atoms with Crippen LogP contribution in [0.1, 0.15) is 64.1 Å². The fourth-order valence-corrected chi connectivity index (χ4v) is 8.46. The van der Waals surface area contributed by atoms with E-state index in [9.17, 15) is 0 Å². The number of piperidine rings is 1. The third-order valence-electron chi connectivity index (χ3n) is 8.86. The molecule has 190 valence electrons. The fraction of sp³-hybridized carbons (Fsp3) is 0.438. The molecule has 0 atom stereocenters. The zero-order valence-corrected chi connectivity index (χ0v) is 23.7. The second-order valence-corrected chi connectivity index (χ2v) is 12.9. The monoisotopic (exact) mass is 526 g/mol. The van der Waals surface area contributed by atoms with Gasteiger partial charge in [0.1, 0.15) is 19.1 Å². The maximum absolute atomic E-state index is 6.01. The summed E-state index contributed by atoms with van der Waals surface area (Å²) in [5.41, 5.74) is 13.5. The molecule has 7 rings (SSSR count). The van der Waals surface area contributed by atoms with Crippen molar-refractivity contribution in [1.29, 1.82) is 0 Å². The van der Waals surface area contributed by atoms with Crippen molar-refractivity contribution in [3.63, 3.8) is 0 Å². The average Bonchev–Trinajstić information content (AvgIpc) is 3.42. The molecule has 5 aliphatic rings. The van der Waals surface area contributed by atoms with Crippen molar-refractivity contribution in [1.82, 2.24) is 4.90 Å². The minimum absolute atomic E-state index is 1.04. The molecule has 4 heterocycles. The molecule has 0 amide bonds. The Bertz CT molecular complexity index is 1420. The van der Waals surface area contributed by atoms with Gasteiger partial charge in [-0.15, -0.1) is 11.3 Å². The van der Waals surface area contributed by atoms with Crippen LogP contribution in [0.3, 0.4) is 0 Å². The molecule has 0 spiro atoms. The Morgan fingerprint density at radius 3 is 2.54 bits per heavy atom. The van der Waals surface area contributed by atoms with Gasteiger partial charge in [-0.2, -0.15) is 0 Å². The van der Waals surface area contributed by atoms with E-state index in [1.54, 1.807) is 22.4 Å². The van der Waals surface area contributed by atoms with Crippen LogP contribution in [-0.4, -0.2) is 60.4 Å². The van der Waals surface area contributed by atoms with Gasteiger partial charge in [-0.05, 0) is 109 Å². The normalized spacial score (nSPS) is 20.4. The Morgan fingerprint density at radius 2 is 1.73 bits per heavy atom. The predicted octanol–water partition coefficient (Wildman–Crippen LogP) is 6.18. The SMILES string of the molecule is C[N+](C)=C1C=CC2=C(c3ccc(C(=S)N4CCCCC4)s3)c3cc4c5c(c3CC2=C1)CCCN5CCC4. The number of likely N-dealkylation sites (tertiary alicyclic amines) is 1. The number of thiocarbonyl (C=S) groups is 1. The van der Waals surface area contributed by atoms with E-state index in [4.69, 9.17) is 12.2 Å². The fourth-order valence-electron chi connectivity index (χ4n) is 7.04. The third kappa shape index (κ3) is 3.97. The molecular weight excluding hydrogens is 491 g/mol. The van der Waals surface area contributed by atoms with Gasteiger partial charge in [-0.1, -0.05) is 12.2 Å². The molecule has 0 unspecified atom stereocenters. The van der Waals surface area contributed by atoms with E-state index in [0.29, 0.717) is 0 Å². The van der Waals surface area contributed by atoms with Crippen molar-refractivity contribution in [2.45, 2.75) is 51.4 Å². The quantitative estimate of drug-likeness (QED) is 0.342. The Morgan fingerprint density at radius 1 is 0.919 bits per heavy atom. The molecule has 3 nitrogen and oxygen atoms in total. The number of nitrogens with zero attached hydrogens (tertiary/aromatic N) is 3. The summed E-state index contributed by atoms with van der Waals surface area (Å²) in [4.78, 5) is 8.78. The molecule has 1 saturated heterocycles. The molecule has 1 fully saturated rings. The summed E-state index contributed by atoms with van der Waals surface area (Å²) in [5, 5.41) is 0. The van der Waals surface area contributed by atoms with Crippen LogP contribution in [-0.2, 0) is 19.3 Å². The molecule has 37 heavy (non-hydrogen) atoms. The van der Waals surface area contributed by atoms with Crippen molar-refractivity contribution in [2.75, 3.05) is 45.2 Å². The summed E-state index contributed by atoms with van der Waals surface area (Å²) in [6, 6.07) is 7.21. The number of hydrogen-bond donors (Lipinski definition) is 0.